The molecule has 0 saturated carbocycles. The van der Waals surface area contributed by atoms with E-state index in [1.54, 1.807) is 26.0 Å². The lowest BCUT2D eigenvalue weighted by Crippen LogP contribution is -2.46. The van der Waals surface area contributed by atoms with Crippen molar-refractivity contribution in [2.24, 2.45) is 5.92 Å². The summed E-state index contributed by atoms with van der Waals surface area (Å²) in [5, 5.41) is 2.86. The number of rotatable bonds is 5. The number of carbonyl (C=O) groups is 1. The van der Waals surface area contributed by atoms with Gasteiger partial charge in [-0.1, -0.05) is 6.07 Å². The fraction of sp³-hybridized carbons (Fsp3) is 0.421. The van der Waals surface area contributed by atoms with Crippen LogP contribution in [0.25, 0.3) is 0 Å². The molecule has 1 fully saturated rings. The highest BCUT2D eigenvalue weighted by atomic mass is 19.1. The van der Waals surface area contributed by atoms with Gasteiger partial charge in [-0.05, 0) is 44.4 Å². The Bertz CT molecular complexity index is 894. The van der Waals surface area contributed by atoms with E-state index in [0.29, 0.717) is 49.5 Å². The first-order chi connectivity index (χ1) is 12.4. The first-order valence-corrected chi connectivity index (χ1v) is 8.70. The van der Waals surface area contributed by atoms with Crippen LogP contribution in [0.2, 0.25) is 0 Å². The minimum Gasteiger partial charge on any atom is -0.466 e. The van der Waals surface area contributed by atoms with Crippen LogP contribution in [0.5, 0.6) is 0 Å². The molecule has 0 radical (unpaired) electrons. The highest BCUT2D eigenvalue weighted by Crippen LogP contribution is 2.29. The van der Waals surface area contributed by atoms with Crippen molar-refractivity contribution in [1.29, 1.82) is 0 Å². The van der Waals surface area contributed by atoms with Crippen LogP contribution in [0.4, 0.5) is 21.5 Å². The molecule has 138 valence electrons. The molecule has 0 spiro atoms. The topological polar surface area (TPSA) is 75.7 Å². The average Bonchev–Trinajstić information content (AvgIpc) is 2.64. The maximum Gasteiger partial charge on any atom is 0.309 e. The SMILES string of the molecule is CCOC(=O)C1CCN(c2c(Nc3ccc(C)c(F)c3)c(=O)c2=O)CC1. The number of ether oxygens (including phenoxy) is 1. The van der Waals surface area contributed by atoms with Gasteiger partial charge in [0.05, 0.1) is 12.5 Å². The van der Waals surface area contributed by atoms with Crippen molar-refractivity contribution >= 4 is 23.0 Å². The number of piperidine rings is 1. The predicted octanol–water partition coefficient (Wildman–Crippen LogP) is 2.25. The standard InChI is InChI=1S/C19H21FN2O4/c1-3-26-19(25)12-6-8-22(9-7-12)16-15(17(23)18(16)24)21-13-5-4-11(2)14(20)10-13/h4-5,10,12,21H,3,6-9H2,1-2H3. The molecule has 1 aliphatic heterocycles. The van der Waals surface area contributed by atoms with Crippen LogP contribution in [0.15, 0.2) is 27.8 Å². The van der Waals surface area contributed by atoms with E-state index in [4.69, 9.17) is 4.74 Å². The van der Waals surface area contributed by atoms with E-state index in [1.807, 2.05) is 4.90 Å². The van der Waals surface area contributed by atoms with Crippen LogP contribution in [0.3, 0.4) is 0 Å². The highest BCUT2D eigenvalue weighted by molar-refractivity contribution is 5.80. The van der Waals surface area contributed by atoms with E-state index in [1.165, 1.54) is 6.07 Å². The zero-order chi connectivity index (χ0) is 18.8. The van der Waals surface area contributed by atoms with E-state index >= 15 is 0 Å². The Morgan fingerprint density at radius 3 is 2.58 bits per heavy atom. The van der Waals surface area contributed by atoms with Gasteiger partial charge in [0.15, 0.2) is 0 Å². The van der Waals surface area contributed by atoms with Crippen molar-refractivity contribution in [3.05, 3.63) is 50.0 Å². The third-order valence-corrected chi connectivity index (χ3v) is 4.76. The van der Waals surface area contributed by atoms with Crippen molar-refractivity contribution in [1.82, 2.24) is 0 Å². The second-order valence-electron chi connectivity index (χ2n) is 6.48. The van der Waals surface area contributed by atoms with Crippen LogP contribution >= 0.6 is 0 Å². The Hall–Kier alpha value is -2.70. The molecule has 1 saturated heterocycles. The minimum atomic E-state index is -0.603. The van der Waals surface area contributed by atoms with Gasteiger partial charge in [-0.15, -0.1) is 0 Å². The minimum absolute atomic E-state index is 0.180. The first kappa shape index (κ1) is 18.1. The fourth-order valence-corrected chi connectivity index (χ4v) is 3.21. The van der Waals surface area contributed by atoms with Crippen LogP contribution in [-0.4, -0.2) is 25.7 Å². The molecule has 6 nitrogen and oxygen atoms in total. The summed E-state index contributed by atoms with van der Waals surface area (Å²) >= 11 is 0. The Kier molecular flexibility index (Phi) is 5.06. The summed E-state index contributed by atoms with van der Waals surface area (Å²) in [6, 6.07) is 4.56. The average molecular weight is 360 g/mol. The summed E-state index contributed by atoms with van der Waals surface area (Å²) in [6.07, 6.45) is 1.13. The monoisotopic (exact) mass is 360 g/mol. The molecule has 1 N–H and O–H groups in total. The van der Waals surface area contributed by atoms with Gasteiger partial charge in [-0.2, -0.15) is 0 Å². The molecule has 0 amide bonds. The summed E-state index contributed by atoms with van der Waals surface area (Å²) in [7, 11) is 0. The molecule has 7 heteroatoms. The Morgan fingerprint density at radius 1 is 1.27 bits per heavy atom. The van der Waals surface area contributed by atoms with E-state index in [-0.39, 0.29) is 23.4 Å². The number of hydrogen-bond acceptors (Lipinski definition) is 6. The lowest BCUT2D eigenvalue weighted by molar-refractivity contribution is -0.148. The molecule has 26 heavy (non-hydrogen) atoms. The molecule has 0 atom stereocenters. The van der Waals surface area contributed by atoms with Crippen molar-refractivity contribution in [2.45, 2.75) is 26.7 Å². The molecule has 1 aliphatic rings. The van der Waals surface area contributed by atoms with Gasteiger partial charge in [0.2, 0.25) is 0 Å². The van der Waals surface area contributed by atoms with E-state index in [2.05, 4.69) is 5.32 Å². The number of benzene rings is 1. The summed E-state index contributed by atoms with van der Waals surface area (Å²) < 4.78 is 18.7. The molecule has 0 aliphatic carbocycles. The highest BCUT2D eigenvalue weighted by Gasteiger charge is 2.32. The second kappa shape index (κ2) is 7.27. The number of aryl methyl sites for hydroxylation is 1. The van der Waals surface area contributed by atoms with Gasteiger partial charge in [0.1, 0.15) is 17.2 Å². The molecule has 2 aromatic rings. The largest absolute Gasteiger partial charge is 0.466 e. The summed E-state index contributed by atoms with van der Waals surface area (Å²) in [6.45, 7) is 4.74. The first-order valence-electron chi connectivity index (χ1n) is 8.70. The van der Waals surface area contributed by atoms with Crippen LogP contribution in [-0.2, 0) is 9.53 Å². The van der Waals surface area contributed by atoms with Crippen molar-refractivity contribution < 1.29 is 13.9 Å². The number of hydrogen-bond donors (Lipinski definition) is 1. The van der Waals surface area contributed by atoms with Crippen LogP contribution in [0, 0.1) is 18.7 Å². The number of nitrogens with one attached hydrogen (secondary N) is 1. The molecule has 3 rings (SSSR count). The van der Waals surface area contributed by atoms with E-state index in [9.17, 15) is 18.8 Å². The maximum absolute atomic E-state index is 13.7. The Morgan fingerprint density at radius 2 is 1.96 bits per heavy atom. The summed E-state index contributed by atoms with van der Waals surface area (Å²) in [5.41, 5.74) is 0.277. The maximum atomic E-state index is 13.7. The molecular weight excluding hydrogens is 339 g/mol. The quantitative estimate of drug-likeness (QED) is 0.651. The number of anilines is 3. The summed E-state index contributed by atoms with van der Waals surface area (Å²) in [4.78, 5) is 37.6. The van der Waals surface area contributed by atoms with Crippen LogP contribution in [0.1, 0.15) is 25.3 Å². The van der Waals surface area contributed by atoms with E-state index in [0.717, 1.165) is 0 Å². The number of nitrogens with zero attached hydrogens (tertiary/aromatic N) is 1. The van der Waals surface area contributed by atoms with Gasteiger partial charge in [0, 0.05) is 18.8 Å². The lowest BCUT2D eigenvalue weighted by Gasteiger charge is -2.34. The van der Waals surface area contributed by atoms with E-state index < -0.39 is 10.9 Å². The number of halogens is 1. The van der Waals surface area contributed by atoms with Crippen molar-refractivity contribution in [3.8, 4) is 0 Å². The molecule has 2 aromatic carbocycles. The predicted molar refractivity (Wildman–Crippen MR) is 97.3 cm³/mol. The molecule has 0 unspecified atom stereocenters. The lowest BCUT2D eigenvalue weighted by atomic mass is 9.95. The Labute approximate surface area is 150 Å². The van der Waals surface area contributed by atoms with Crippen LogP contribution < -0.4 is 21.1 Å². The zero-order valence-corrected chi connectivity index (χ0v) is 14.8. The molecule has 0 aromatic heterocycles. The summed E-state index contributed by atoms with van der Waals surface area (Å²) in [5.74, 6) is -0.781. The van der Waals surface area contributed by atoms with Gasteiger partial charge in [-0.3, -0.25) is 14.4 Å². The third kappa shape index (κ3) is 3.34. The number of carbonyl (C=O) groups excluding carboxylic acids is 1. The third-order valence-electron chi connectivity index (χ3n) is 4.76. The molecular formula is C19H21FN2O4. The number of esters is 1. The van der Waals surface area contributed by atoms with Crippen molar-refractivity contribution in [2.75, 3.05) is 29.9 Å². The van der Waals surface area contributed by atoms with Gasteiger partial charge in [0.25, 0.3) is 10.9 Å². The zero-order valence-electron chi connectivity index (χ0n) is 14.8. The normalized spacial score (nSPS) is 15.3. The van der Waals surface area contributed by atoms with Gasteiger partial charge >= 0.3 is 5.97 Å². The smallest absolute Gasteiger partial charge is 0.309 e. The van der Waals surface area contributed by atoms with Crippen molar-refractivity contribution in [3.63, 3.8) is 0 Å². The fourth-order valence-electron chi connectivity index (χ4n) is 3.21. The molecule has 1 heterocycles. The van der Waals surface area contributed by atoms with Gasteiger partial charge < -0.3 is 15.0 Å². The van der Waals surface area contributed by atoms with Gasteiger partial charge in [-0.25, -0.2) is 4.39 Å². The molecule has 0 bridgehead atoms. The Balaban J connectivity index is 1.73. The second-order valence-corrected chi connectivity index (χ2v) is 6.48.